The fraction of sp³-hybridized carbons (Fsp3) is 0.231. The van der Waals surface area contributed by atoms with Crippen LogP contribution in [0.3, 0.4) is 0 Å². The number of carbonyl (C=O) groups excluding carboxylic acids is 1. The number of carbonyl (C=O) groups is 1. The van der Waals surface area contributed by atoms with Crippen LogP contribution in [0.25, 0.3) is 11.3 Å². The zero-order valence-electron chi connectivity index (χ0n) is 11.2. The summed E-state index contributed by atoms with van der Waals surface area (Å²) in [7, 11) is 4.62. The van der Waals surface area contributed by atoms with Gasteiger partial charge in [0.1, 0.15) is 10.3 Å². The molecule has 2 aromatic rings. The number of hydrogen-bond donors (Lipinski definition) is 1. The number of hydrogen-bond acceptors (Lipinski definition) is 5. The summed E-state index contributed by atoms with van der Waals surface area (Å²) in [6, 6.07) is 3.52. The molecule has 0 unspecified atom stereocenters. The van der Waals surface area contributed by atoms with Crippen LogP contribution in [0, 0.1) is 0 Å². The van der Waals surface area contributed by atoms with Crippen LogP contribution in [0.2, 0.25) is 0 Å². The first-order chi connectivity index (χ1) is 9.64. The molecule has 0 aliphatic carbocycles. The molecule has 106 valence electrons. The number of aromatic amines is 1. The van der Waals surface area contributed by atoms with Gasteiger partial charge in [0.05, 0.1) is 21.3 Å². The molecular weight excluding hydrogens is 328 g/mol. The monoisotopic (exact) mass is 340 g/mol. The molecule has 1 aromatic carbocycles. The number of methoxy groups -OCH3 is 3. The van der Waals surface area contributed by atoms with Crippen LogP contribution in [0.4, 0.5) is 0 Å². The quantitative estimate of drug-likeness (QED) is 0.847. The van der Waals surface area contributed by atoms with Crippen LogP contribution >= 0.6 is 15.9 Å². The number of rotatable bonds is 5. The van der Waals surface area contributed by atoms with Gasteiger partial charge < -0.3 is 19.2 Å². The highest BCUT2D eigenvalue weighted by molar-refractivity contribution is 9.10. The summed E-state index contributed by atoms with van der Waals surface area (Å²) in [5, 5.41) is 0. The molecule has 1 N–H and O–H groups in total. The van der Waals surface area contributed by atoms with Gasteiger partial charge in [0.25, 0.3) is 0 Å². The molecule has 0 saturated heterocycles. The van der Waals surface area contributed by atoms with Crippen molar-refractivity contribution in [3.05, 3.63) is 22.6 Å². The van der Waals surface area contributed by atoms with Crippen molar-refractivity contribution in [3.63, 3.8) is 0 Å². The number of ether oxygens (including phenoxy) is 3. The van der Waals surface area contributed by atoms with Crippen molar-refractivity contribution in [1.29, 1.82) is 0 Å². The van der Waals surface area contributed by atoms with Crippen molar-refractivity contribution in [3.8, 4) is 28.5 Å². The number of nitrogens with zero attached hydrogens (tertiary/aromatic N) is 1. The molecule has 0 atom stereocenters. The minimum absolute atomic E-state index is 0.237. The van der Waals surface area contributed by atoms with Crippen LogP contribution in [0.1, 0.15) is 10.6 Å². The van der Waals surface area contributed by atoms with E-state index in [2.05, 4.69) is 25.9 Å². The third-order valence-corrected chi connectivity index (χ3v) is 3.30. The number of aldehydes is 1. The van der Waals surface area contributed by atoms with E-state index >= 15 is 0 Å². The van der Waals surface area contributed by atoms with Crippen LogP contribution < -0.4 is 14.2 Å². The summed E-state index contributed by atoms with van der Waals surface area (Å²) in [5.41, 5.74) is 1.32. The Labute approximate surface area is 124 Å². The van der Waals surface area contributed by atoms with Crippen molar-refractivity contribution in [2.45, 2.75) is 0 Å². The molecule has 0 spiro atoms. The van der Waals surface area contributed by atoms with E-state index in [1.54, 1.807) is 12.1 Å². The van der Waals surface area contributed by atoms with Crippen LogP contribution in [0.15, 0.2) is 16.7 Å². The lowest BCUT2D eigenvalue weighted by molar-refractivity contribution is 0.111. The molecule has 0 bridgehead atoms. The van der Waals surface area contributed by atoms with E-state index in [0.29, 0.717) is 33.8 Å². The highest BCUT2D eigenvalue weighted by atomic mass is 79.9. The Balaban J connectivity index is 2.62. The van der Waals surface area contributed by atoms with Gasteiger partial charge in [0.15, 0.2) is 23.6 Å². The molecular formula is C13H13BrN2O4. The number of imidazole rings is 1. The number of aromatic nitrogens is 2. The predicted molar refractivity (Wildman–Crippen MR) is 76.8 cm³/mol. The maximum absolute atomic E-state index is 10.8. The van der Waals surface area contributed by atoms with E-state index in [9.17, 15) is 4.79 Å². The first-order valence-electron chi connectivity index (χ1n) is 5.65. The van der Waals surface area contributed by atoms with Gasteiger partial charge in [-0.1, -0.05) is 0 Å². The van der Waals surface area contributed by atoms with Crippen molar-refractivity contribution >= 4 is 22.2 Å². The van der Waals surface area contributed by atoms with Gasteiger partial charge in [-0.25, -0.2) is 4.98 Å². The second kappa shape index (κ2) is 5.96. The molecule has 6 nitrogen and oxygen atoms in total. The summed E-state index contributed by atoms with van der Waals surface area (Å²) in [6.45, 7) is 0. The number of benzene rings is 1. The Morgan fingerprint density at radius 2 is 1.75 bits per heavy atom. The molecule has 20 heavy (non-hydrogen) atoms. The molecule has 1 heterocycles. The Morgan fingerprint density at radius 3 is 2.15 bits per heavy atom. The molecule has 1 aromatic heterocycles. The van der Waals surface area contributed by atoms with Gasteiger partial charge in [0.2, 0.25) is 5.75 Å². The molecule has 2 rings (SSSR count). The van der Waals surface area contributed by atoms with Crippen molar-refractivity contribution in [1.82, 2.24) is 9.97 Å². The van der Waals surface area contributed by atoms with E-state index in [1.165, 1.54) is 21.3 Å². The van der Waals surface area contributed by atoms with Crippen molar-refractivity contribution in [2.24, 2.45) is 0 Å². The molecule has 0 fully saturated rings. The van der Waals surface area contributed by atoms with E-state index in [-0.39, 0.29) is 5.82 Å². The summed E-state index contributed by atoms with van der Waals surface area (Å²) in [5.74, 6) is 1.77. The van der Waals surface area contributed by atoms with Gasteiger partial charge >= 0.3 is 0 Å². The predicted octanol–water partition coefficient (Wildman–Crippen LogP) is 2.68. The van der Waals surface area contributed by atoms with Gasteiger partial charge in [-0.2, -0.15) is 0 Å². The van der Waals surface area contributed by atoms with Crippen LogP contribution in [-0.4, -0.2) is 37.6 Å². The molecule has 0 aliphatic rings. The van der Waals surface area contributed by atoms with E-state index in [1.807, 2.05) is 0 Å². The number of nitrogens with one attached hydrogen (secondary N) is 1. The molecule has 0 aliphatic heterocycles. The topological polar surface area (TPSA) is 73.4 Å². The third-order valence-electron chi connectivity index (χ3n) is 2.73. The Hall–Kier alpha value is -2.02. The van der Waals surface area contributed by atoms with Crippen LogP contribution in [-0.2, 0) is 0 Å². The minimum Gasteiger partial charge on any atom is -0.493 e. The fourth-order valence-electron chi connectivity index (χ4n) is 1.83. The van der Waals surface area contributed by atoms with E-state index in [4.69, 9.17) is 14.2 Å². The van der Waals surface area contributed by atoms with E-state index in [0.717, 1.165) is 5.56 Å². The molecule has 0 amide bonds. The second-order valence-corrected chi connectivity index (χ2v) is 4.61. The summed E-state index contributed by atoms with van der Waals surface area (Å²) >= 11 is 3.33. The average molecular weight is 341 g/mol. The summed E-state index contributed by atoms with van der Waals surface area (Å²) < 4.78 is 16.4. The zero-order chi connectivity index (χ0) is 14.7. The summed E-state index contributed by atoms with van der Waals surface area (Å²) in [6.07, 6.45) is 0.645. The second-order valence-electron chi connectivity index (χ2n) is 3.82. The fourth-order valence-corrected chi connectivity index (χ4v) is 2.35. The average Bonchev–Trinajstić information content (AvgIpc) is 2.86. The van der Waals surface area contributed by atoms with Crippen molar-refractivity contribution in [2.75, 3.05) is 21.3 Å². The van der Waals surface area contributed by atoms with Crippen LogP contribution in [0.5, 0.6) is 17.2 Å². The normalized spacial score (nSPS) is 10.2. The van der Waals surface area contributed by atoms with Gasteiger partial charge in [-0.15, -0.1) is 0 Å². The smallest absolute Gasteiger partial charge is 0.203 e. The van der Waals surface area contributed by atoms with Gasteiger partial charge in [-0.05, 0) is 28.1 Å². The molecule has 0 radical (unpaired) electrons. The molecule has 7 heteroatoms. The third kappa shape index (κ3) is 2.49. The lowest BCUT2D eigenvalue weighted by atomic mass is 10.1. The Bertz CT molecular complexity index is 614. The highest BCUT2D eigenvalue weighted by Gasteiger charge is 2.17. The first kappa shape index (κ1) is 14.4. The largest absolute Gasteiger partial charge is 0.493 e. The maximum Gasteiger partial charge on any atom is 0.203 e. The van der Waals surface area contributed by atoms with Gasteiger partial charge in [0, 0.05) is 5.56 Å². The maximum atomic E-state index is 10.8. The SMILES string of the molecule is COc1cc(-c2nc(C=O)[nH]c2Br)cc(OC)c1OC. The number of halogens is 1. The van der Waals surface area contributed by atoms with Crippen molar-refractivity contribution < 1.29 is 19.0 Å². The first-order valence-corrected chi connectivity index (χ1v) is 6.45. The number of H-pyrrole nitrogens is 1. The Kier molecular flexibility index (Phi) is 4.29. The van der Waals surface area contributed by atoms with E-state index < -0.39 is 0 Å². The summed E-state index contributed by atoms with van der Waals surface area (Å²) in [4.78, 5) is 17.8. The minimum atomic E-state index is 0.237. The zero-order valence-corrected chi connectivity index (χ0v) is 12.8. The Morgan fingerprint density at radius 1 is 1.15 bits per heavy atom. The highest BCUT2D eigenvalue weighted by Crippen LogP contribution is 2.41. The molecule has 0 saturated carbocycles. The van der Waals surface area contributed by atoms with Gasteiger partial charge in [-0.3, -0.25) is 4.79 Å². The standard InChI is InChI=1S/C13H13BrN2O4/c1-18-8-4-7(5-9(19-2)12(8)20-3)11-13(14)16-10(6-17)15-11/h4-6H,1-3H3,(H,15,16). The lowest BCUT2D eigenvalue weighted by Crippen LogP contribution is -1.96. The lowest BCUT2D eigenvalue weighted by Gasteiger charge is -2.13.